The van der Waals surface area contributed by atoms with E-state index in [1.54, 1.807) is 18.9 Å². The van der Waals surface area contributed by atoms with Crippen molar-refractivity contribution in [2.75, 3.05) is 71.0 Å². The number of anilines is 1. The second kappa shape index (κ2) is 14.5. The summed E-state index contributed by atoms with van der Waals surface area (Å²) in [6.07, 6.45) is 2.31. The van der Waals surface area contributed by atoms with Gasteiger partial charge in [0.1, 0.15) is 5.75 Å². The number of piperazine rings is 1. The monoisotopic (exact) mass is 583 g/mol. The smallest absolute Gasteiger partial charge is 0.303 e. The minimum absolute atomic E-state index is 0.0441. The fraction of sp³-hybridized carbons (Fsp3) is 0.548. The van der Waals surface area contributed by atoms with Crippen molar-refractivity contribution in [2.24, 2.45) is 0 Å². The number of carbonyl (C=O) groups excluding carboxylic acids is 2. The number of thioether (sulfide) groups is 1. The zero-order valence-electron chi connectivity index (χ0n) is 24.0. The summed E-state index contributed by atoms with van der Waals surface area (Å²) in [6, 6.07) is 15.6. The molecule has 2 fully saturated rings. The minimum atomic E-state index is -0.941. The Bertz CT molecular complexity index is 1150. The van der Waals surface area contributed by atoms with E-state index >= 15 is 0 Å². The normalized spacial score (nSPS) is 24.0. The molecule has 0 N–H and O–H groups in total. The second-order valence-corrected chi connectivity index (χ2v) is 11.8. The maximum absolute atomic E-state index is 14.1. The largest absolute Gasteiger partial charge is 0.497 e. The SMILES string of the molecule is COc1ccc([C@@H]2Sc3ccccc3N(CCN3CCN(CCOC4CCCCO4)CC3)C(=O)[C@@H]2OC(C)=O)cc1. The molecule has 0 radical (unpaired) electrons. The van der Waals surface area contributed by atoms with Gasteiger partial charge in [-0.2, -0.15) is 0 Å². The van der Waals surface area contributed by atoms with Crippen LogP contribution in [0.25, 0.3) is 0 Å². The summed E-state index contributed by atoms with van der Waals surface area (Å²) in [5, 5.41) is -0.381. The van der Waals surface area contributed by atoms with E-state index in [0.717, 1.165) is 80.6 Å². The first-order valence-electron chi connectivity index (χ1n) is 14.6. The second-order valence-electron chi connectivity index (χ2n) is 10.6. The zero-order valence-corrected chi connectivity index (χ0v) is 24.9. The number of methoxy groups -OCH3 is 1. The van der Waals surface area contributed by atoms with Gasteiger partial charge in [0.05, 0.1) is 24.7 Å². The first-order chi connectivity index (χ1) is 20.0. The first-order valence-corrected chi connectivity index (χ1v) is 15.5. The van der Waals surface area contributed by atoms with Crippen LogP contribution in [0.3, 0.4) is 0 Å². The highest BCUT2D eigenvalue weighted by Gasteiger charge is 2.41. The highest BCUT2D eigenvalue weighted by molar-refractivity contribution is 7.99. The van der Waals surface area contributed by atoms with E-state index in [-0.39, 0.29) is 17.4 Å². The molecule has 1 unspecified atom stereocenters. The van der Waals surface area contributed by atoms with Crippen molar-refractivity contribution in [2.45, 2.75) is 48.7 Å². The van der Waals surface area contributed by atoms with Crippen molar-refractivity contribution < 1.29 is 28.5 Å². The molecule has 0 aromatic heterocycles. The zero-order chi connectivity index (χ0) is 28.6. The highest BCUT2D eigenvalue weighted by Crippen LogP contribution is 2.46. The lowest BCUT2D eigenvalue weighted by Crippen LogP contribution is -2.51. The fourth-order valence-electron chi connectivity index (χ4n) is 5.57. The van der Waals surface area contributed by atoms with Crippen LogP contribution in [0, 0.1) is 0 Å². The predicted molar refractivity (Wildman–Crippen MR) is 158 cm³/mol. The Kier molecular flexibility index (Phi) is 10.6. The molecule has 222 valence electrons. The Morgan fingerprint density at radius 3 is 2.39 bits per heavy atom. The predicted octanol–water partition coefficient (Wildman–Crippen LogP) is 3.97. The molecule has 3 aliphatic heterocycles. The maximum atomic E-state index is 14.1. The number of ether oxygens (including phenoxy) is 4. The molecule has 1 amide bonds. The van der Waals surface area contributed by atoms with Crippen LogP contribution >= 0.6 is 11.8 Å². The molecule has 0 saturated carbocycles. The summed E-state index contributed by atoms with van der Waals surface area (Å²) in [6.45, 7) is 8.80. The topological polar surface area (TPSA) is 80.8 Å². The summed E-state index contributed by atoms with van der Waals surface area (Å²) >= 11 is 1.56. The molecule has 0 bridgehead atoms. The van der Waals surface area contributed by atoms with Gasteiger partial charge in [0.2, 0.25) is 0 Å². The molecule has 0 aliphatic carbocycles. The van der Waals surface area contributed by atoms with E-state index < -0.39 is 12.1 Å². The third kappa shape index (κ3) is 7.81. The van der Waals surface area contributed by atoms with Crippen LogP contribution in [-0.4, -0.2) is 100 Å². The number of hydrogen-bond acceptors (Lipinski definition) is 9. The number of benzene rings is 2. The average Bonchev–Trinajstić information content (AvgIpc) is 3.11. The third-order valence-corrected chi connectivity index (χ3v) is 9.26. The molecule has 9 nitrogen and oxygen atoms in total. The van der Waals surface area contributed by atoms with E-state index in [1.807, 2.05) is 53.4 Å². The lowest BCUT2D eigenvalue weighted by atomic mass is 10.1. The molecule has 3 aliphatic rings. The molecular formula is C31H41N3O6S. The number of nitrogens with zero attached hydrogens (tertiary/aromatic N) is 3. The summed E-state index contributed by atoms with van der Waals surface area (Å²) in [5.74, 6) is 0.0679. The van der Waals surface area contributed by atoms with E-state index in [9.17, 15) is 9.59 Å². The average molecular weight is 584 g/mol. The van der Waals surface area contributed by atoms with Gasteiger partial charge in [0.15, 0.2) is 12.4 Å². The summed E-state index contributed by atoms with van der Waals surface area (Å²) in [7, 11) is 1.62. The van der Waals surface area contributed by atoms with Gasteiger partial charge in [0.25, 0.3) is 5.91 Å². The first kappa shape index (κ1) is 29.8. The standard InChI is InChI=1S/C31H41N3O6S/c1-23(35)40-29-30(24-10-12-25(37-2)13-11-24)41-27-8-4-3-7-26(27)34(31(29)36)19-18-32-14-16-33(17-15-32)20-22-39-28-9-5-6-21-38-28/h3-4,7-8,10-13,28-30H,5-6,9,14-22H2,1-2H3/t28?,29-,30+/m1/s1. The Balaban J connectivity index is 1.22. The summed E-state index contributed by atoms with van der Waals surface area (Å²) < 4.78 is 22.6. The van der Waals surface area contributed by atoms with Crippen molar-refractivity contribution in [1.82, 2.24) is 9.80 Å². The van der Waals surface area contributed by atoms with E-state index in [1.165, 1.54) is 13.3 Å². The van der Waals surface area contributed by atoms with E-state index in [4.69, 9.17) is 18.9 Å². The van der Waals surface area contributed by atoms with Crippen LogP contribution in [0.1, 0.15) is 37.0 Å². The molecule has 2 aromatic carbocycles. The summed E-state index contributed by atoms with van der Waals surface area (Å²) in [5.41, 5.74) is 1.76. The molecule has 10 heteroatoms. The van der Waals surface area contributed by atoms with Gasteiger partial charge in [0, 0.05) is 64.2 Å². The third-order valence-electron chi connectivity index (χ3n) is 7.89. The van der Waals surface area contributed by atoms with Crippen LogP contribution in [0.2, 0.25) is 0 Å². The van der Waals surface area contributed by atoms with Crippen molar-refractivity contribution in [3.05, 3.63) is 54.1 Å². The van der Waals surface area contributed by atoms with Gasteiger partial charge in [-0.3, -0.25) is 19.4 Å². The Hall–Kier alpha value is -2.63. The molecule has 3 atom stereocenters. The molecule has 2 aromatic rings. The Labute approximate surface area is 247 Å². The molecule has 0 spiro atoms. The van der Waals surface area contributed by atoms with E-state index in [2.05, 4.69) is 9.80 Å². The van der Waals surface area contributed by atoms with Crippen LogP contribution in [0.5, 0.6) is 5.75 Å². The quantitative estimate of drug-likeness (QED) is 0.386. The van der Waals surface area contributed by atoms with Gasteiger partial charge < -0.3 is 23.8 Å². The van der Waals surface area contributed by atoms with Crippen molar-refractivity contribution in [3.63, 3.8) is 0 Å². The number of fused-ring (bicyclic) bond motifs is 1. The van der Waals surface area contributed by atoms with Crippen LogP contribution in [0.15, 0.2) is 53.4 Å². The number of carbonyl (C=O) groups is 2. The molecule has 2 saturated heterocycles. The number of para-hydroxylation sites is 1. The van der Waals surface area contributed by atoms with Crippen LogP contribution in [-0.2, 0) is 23.8 Å². The van der Waals surface area contributed by atoms with Crippen molar-refractivity contribution >= 4 is 29.3 Å². The van der Waals surface area contributed by atoms with Crippen LogP contribution < -0.4 is 9.64 Å². The number of hydrogen-bond donors (Lipinski definition) is 0. The van der Waals surface area contributed by atoms with Gasteiger partial charge >= 0.3 is 5.97 Å². The number of esters is 1. The summed E-state index contributed by atoms with van der Waals surface area (Å²) in [4.78, 5) is 33.9. The number of rotatable bonds is 10. The van der Waals surface area contributed by atoms with Crippen molar-refractivity contribution in [3.8, 4) is 5.75 Å². The lowest BCUT2D eigenvalue weighted by molar-refractivity contribution is -0.164. The van der Waals surface area contributed by atoms with Crippen molar-refractivity contribution in [1.29, 1.82) is 0 Å². The lowest BCUT2D eigenvalue weighted by Gasteiger charge is -2.36. The van der Waals surface area contributed by atoms with Gasteiger partial charge in [-0.05, 0) is 49.1 Å². The molecule has 5 rings (SSSR count). The molecule has 41 heavy (non-hydrogen) atoms. The Morgan fingerprint density at radius 2 is 1.71 bits per heavy atom. The van der Waals surface area contributed by atoms with Gasteiger partial charge in [-0.15, -0.1) is 11.8 Å². The highest BCUT2D eigenvalue weighted by atomic mass is 32.2. The van der Waals surface area contributed by atoms with Crippen LogP contribution in [0.4, 0.5) is 5.69 Å². The fourth-order valence-corrected chi connectivity index (χ4v) is 6.89. The van der Waals surface area contributed by atoms with E-state index in [0.29, 0.717) is 13.2 Å². The Morgan fingerprint density at radius 1 is 0.976 bits per heavy atom. The molecular weight excluding hydrogens is 542 g/mol. The maximum Gasteiger partial charge on any atom is 0.303 e. The number of amides is 1. The van der Waals surface area contributed by atoms with Gasteiger partial charge in [-0.1, -0.05) is 24.3 Å². The van der Waals surface area contributed by atoms with Gasteiger partial charge in [-0.25, -0.2) is 0 Å². The minimum Gasteiger partial charge on any atom is -0.497 e. The molecule has 3 heterocycles.